The Kier molecular flexibility index (Phi) is 5.64. The van der Waals surface area contributed by atoms with Crippen molar-refractivity contribution in [2.24, 2.45) is 0 Å². The third-order valence-electron chi connectivity index (χ3n) is 3.10. The second-order valence-electron chi connectivity index (χ2n) is 4.89. The molecule has 8 heteroatoms. The van der Waals surface area contributed by atoms with Crippen molar-refractivity contribution in [1.29, 1.82) is 0 Å². The number of nitro groups is 1. The van der Waals surface area contributed by atoms with Gasteiger partial charge in [-0.15, -0.1) is 0 Å². The van der Waals surface area contributed by atoms with E-state index in [0.29, 0.717) is 5.69 Å². The van der Waals surface area contributed by atoms with Gasteiger partial charge in [-0.2, -0.15) is 0 Å². The maximum Gasteiger partial charge on any atom is 0.338 e. The summed E-state index contributed by atoms with van der Waals surface area (Å²) < 4.78 is 5.73. The molecule has 0 aliphatic heterocycles. The largest absolute Gasteiger partial charge is 0.452 e. The number of benzene rings is 2. The van der Waals surface area contributed by atoms with E-state index in [1.165, 1.54) is 24.3 Å². The lowest BCUT2D eigenvalue weighted by Gasteiger charge is -2.08. The Morgan fingerprint density at radius 3 is 2.46 bits per heavy atom. The van der Waals surface area contributed by atoms with E-state index in [-0.39, 0.29) is 11.3 Å². The number of carbonyl (C=O) groups is 2. The average Bonchev–Trinajstić information content (AvgIpc) is 2.56. The zero-order valence-corrected chi connectivity index (χ0v) is 14.2. The Balaban J connectivity index is 1.89. The molecule has 0 aliphatic rings. The van der Waals surface area contributed by atoms with Crippen LogP contribution in [0.1, 0.15) is 15.9 Å². The SMILES string of the molecule is Cc1ccc(NC(=O)COC(=O)c2ccc([N+](=O)[O-])cc2)cc1Br. The molecule has 0 aromatic heterocycles. The lowest BCUT2D eigenvalue weighted by Crippen LogP contribution is -2.20. The van der Waals surface area contributed by atoms with Crippen LogP contribution in [-0.2, 0) is 9.53 Å². The number of nitrogens with one attached hydrogen (secondary N) is 1. The number of rotatable bonds is 5. The van der Waals surface area contributed by atoms with Gasteiger partial charge in [-0.3, -0.25) is 14.9 Å². The molecule has 2 rings (SSSR count). The van der Waals surface area contributed by atoms with Crippen LogP contribution in [0.3, 0.4) is 0 Å². The summed E-state index contributed by atoms with van der Waals surface area (Å²) in [5, 5.41) is 13.2. The number of nitro benzene ring substituents is 1. The number of carbonyl (C=O) groups excluding carboxylic acids is 2. The fourth-order valence-corrected chi connectivity index (χ4v) is 2.18. The molecule has 0 unspecified atom stereocenters. The normalized spacial score (nSPS) is 10.1. The molecule has 124 valence electrons. The monoisotopic (exact) mass is 392 g/mol. The molecule has 0 radical (unpaired) electrons. The van der Waals surface area contributed by atoms with E-state index < -0.39 is 23.4 Å². The molecule has 0 spiro atoms. The Labute approximate surface area is 145 Å². The molecule has 7 nitrogen and oxygen atoms in total. The van der Waals surface area contributed by atoms with Gasteiger partial charge >= 0.3 is 5.97 Å². The highest BCUT2D eigenvalue weighted by molar-refractivity contribution is 9.10. The molecule has 0 aliphatic carbocycles. The van der Waals surface area contributed by atoms with Crippen molar-refractivity contribution in [1.82, 2.24) is 0 Å². The smallest absolute Gasteiger partial charge is 0.338 e. The summed E-state index contributed by atoms with van der Waals surface area (Å²) in [4.78, 5) is 33.6. The van der Waals surface area contributed by atoms with Crippen LogP contribution in [0, 0.1) is 17.0 Å². The van der Waals surface area contributed by atoms with Crippen LogP contribution < -0.4 is 5.32 Å². The Morgan fingerprint density at radius 1 is 1.21 bits per heavy atom. The number of halogens is 1. The van der Waals surface area contributed by atoms with Crippen LogP contribution in [0.2, 0.25) is 0 Å². The van der Waals surface area contributed by atoms with Crippen molar-refractivity contribution in [3.63, 3.8) is 0 Å². The molecule has 0 bridgehead atoms. The third kappa shape index (κ3) is 4.63. The van der Waals surface area contributed by atoms with Gasteiger partial charge in [0.1, 0.15) is 0 Å². The van der Waals surface area contributed by atoms with E-state index in [4.69, 9.17) is 4.74 Å². The van der Waals surface area contributed by atoms with Crippen molar-refractivity contribution >= 4 is 39.2 Å². The van der Waals surface area contributed by atoms with E-state index >= 15 is 0 Å². The first-order chi connectivity index (χ1) is 11.4. The van der Waals surface area contributed by atoms with Gasteiger partial charge in [0.25, 0.3) is 11.6 Å². The number of esters is 1. The highest BCUT2D eigenvalue weighted by Gasteiger charge is 2.12. The van der Waals surface area contributed by atoms with Gasteiger partial charge in [0.2, 0.25) is 0 Å². The topological polar surface area (TPSA) is 98.5 Å². The first-order valence-corrected chi connectivity index (χ1v) is 7.63. The van der Waals surface area contributed by atoms with Crippen molar-refractivity contribution in [3.8, 4) is 0 Å². The van der Waals surface area contributed by atoms with Crippen molar-refractivity contribution in [3.05, 3.63) is 68.2 Å². The highest BCUT2D eigenvalue weighted by atomic mass is 79.9. The van der Waals surface area contributed by atoms with Crippen molar-refractivity contribution < 1.29 is 19.2 Å². The Hall–Kier alpha value is -2.74. The number of hydrogen-bond acceptors (Lipinski definition) is 5. The second kappa shape index (κ2) is 7.69. The maximum atomic E-state index is 11.8. The van der Waals surface area contributed by atoms with Crippen LogP contribution in [0.4, 0.5) is 11.4 Å². The van der Waals surface area contributed by atoms with Gasteiger partial charge in [-0.05, 0) is 36.8 Å². The molecular weight excluding hydrogens is 380 g/mol. The van der Waals surface area contributed by atoms with Gasteiger partial charge in [-0.25, -0.2) is 4.79 Å². The molecule has 0 saturated carbocycles. The van der Waals surface area contributed by atoms with E-state index in [1.807, 2.05) is 13.0 Å². The van der Waals surface area contributed by atoms with E-state index in [0.717, 1.165) is 10.0 Å². The number of anilines is 1. The first-order valence-electron chi connectivity index (χ1n) is 6.84. The number of hydrogen-bond donors (Lipinski definition) is 1. The van der Waals surface area contributed by atoms with Gasteiger partial charge in [0.05, 0.1) is 10.5 Å². The van der Waals surface area contributed by atoms with Gasteiger partial charge < -0.3 is 10.1 Å². The predicted octanol–water partition coefficient (Wildman–Crippen LogP) is 3.46. The minimum Gasteiger partial charge on any atom is -0.452 e. The Morgan fingerprint density at radius 2 is 1.88 bits per heavy atom. The summed E-state index contributed by atoms with van der Waals surface area (Å²) in [5.74, 6) is -1.22. The zero-order valence-electron chi connectivity index (χ0n) is 12.6. The molecule has 0 saturated heterocycles. The van der Waals surface area contributed by atoms with Crippen molar-refractivity contribution in [2.75, 3.05) is 11.9 Å². The molecule has 0 heterocycles. The lowest BCUT2D eigenvalue weighted by molar-refractivity contribution is -0.384. The summed E-state index contributed by atoms with van der Waals surface area (Å²) in [6, 6.07) is 10.2. The zero-order chi connectivity index (χ0) is 17.7. The molecule has 2 aromatic rings. The first kappa shape index (κ1) is 17.6. The molecule has 0 atom stereocenters. The number of nitrogens with zero attached hydrogens (tertiary/aromatic N) is 1. The summed E-state index contributed by atoms with van der Waals surface area (Å²) in [7, 11) is 0. The van der Waals surface area contributed by atoms with Crippen LogP contribution in [0.15, 0.2) is 46.9 Å². The molecule has 2 aromatic carbocycles. The summed E-state index contributed by atoms with van der Waals surface area (Å²) >= 11 is 3.36. The highest BCUT2D eigenvalue weighted by Crippen LogP contribution is 2.20. The third-order valence-corrected chi connectivity index (χ3v) is 3.96. The fourth-order valence-electron chi connectivity index (χ4n) is 1.80. The molecular formula is C16H13BrN2O5. The van der Waals surface area contributed by atoms with Crippen molar-refractivity contribution in [2.45, 2.75) is 6.92 Å². The number of aryl methyl sites for hydroxylation is 1. The second-order valence-corrected chi connectivity index (χ2v) is 5.75. The summed E-state index contributed by atoms with van der Waals surface area (Å²) in [5.41, 5.74) is 1.60. The summed E-state index contributed by atoms with van der Waals surface area (Å²) in [6.07, 6.45) is 0. The molecule has 24 heavy (non-hydrogen) atoms. The Bertz CT molecular complexity index is 790. The predicted molar refractivity (Wildman–Crippen MR) is 90.9 cm³/mol. The average molecular weight is 393 g/mol. The van der Waals surface area contributed by atoms with Gasteiger partial charge in [0.15, 0.2) is 6.61 Å². The van der Waals surface area contributed by atoms with Crippen LogP contribution in [0.5, 0.6) is 0 Å². The van der Waals surface area contributed by atoms with E-state index in [9.17, 15) is 19.7 Å². The quantitative estimate of drug-likeness (QED) is 0.477. The van der Waals surface area contributed by atoms with E-state index in [1.54, 1.807) is 12.1 Å². The standard InChI is InChI=1S/C16H13BrN2O5/c1-10-2-5-12(8-14(10)17)18-15(20)9-24-16(21)11-3-6-13(7-4-11)19(22)23/h2-8H,9H2,1H3,(H,18,20). The van der Waals surface area contributed by atoms with E-state index in [2.05, 4.69) is 21.2 Å². The molecule has 1 N–H and O–H groups in total. The van der Waals surface area contributed by atoms with Gasteiger partial charge in [0, 0.05) is 22.3 Å². The van der Waals surface area contributed by atoms with Gasteiger partial charge in [-0.1, -0.05) is 22.0 Å². The number of non-ortho nitro benzene ring substituents is 1. The maximum absolute atomic E-state index is 11.8. The minimum absolute atomic E-state index is 0.130. The summed E-state index contributed by atoms with van der Waals surface area (Å²) in [6.45, 7) is 1.46. The fraction of sp³-hybridized carbons (Fsp3) is 0.125. The van der Waals surface area contributed by atoms with Crippen LogP contribution in [-0.4, -0.2) is 23.4 Å². The minimum atomic E-state index is -0.731. The molecule has 0 fully saturated rings. The van der Waals surface area contributed by atoms with Crippen LogP contribution in [0.25, 0.3) is 0 Å². The number of ether oxygens (including phenoxy) is 1. The number of amides is 1. The molecule has 1 amide bonds. The van der Waals surface area contributed by atoms with Crippen LogP contribution >= 0.6 is 15.9 Å². The lowest BCUT2D eigenvalue weighted by atomic mass is 10.2.